The molecule has 0 fully saturated rings. The average molecular weight is 262 g/mol. The largest absolute Gasteiger partial charge is 0.474 e. The lowest BCUT2D eigenvalue weighted by atomic mass is 10.4. The van der Waals surface area contributed by atoms with E-state index in [2.05, 4.69) is 17.9 Å². The maximum Gasteiger partial charge on any atom is 0.0829 e. The van der Waals surface area contributed by atoms with Crippen LogP contribution in [0.15, 0.2) is 25.7 Å². The van der Waals surface area contributed by atoms with Gasteiger partial charge in [0.25, 0.3) is 0 Å². The quantitative estimate of drug-likeness (QED) is 0.616. The summed E-state index contributed by atoms with van der Waals surface area (Å²) >= 11 is 0. The number of aliphatic hydroxyl groups is 2. The van der Waals surface area contributed by atoms with Crippen LogP contribution in [0.5, 0.6) is 0 Å². The predicted octanol–water partition coefficient (Wildman–Crippen LogP) is 1.46. The minimum absolute atomic E-state index is 0.0170. The van der Waals surface area contributed by atoms with E-state index in [0.717, 1.165) is 0 Å². The van der Waals surface area contributed by atoms with Gasteiger partial charge in [0.15, 0.2) is 0 Å². The molecule has 108 valence electrons. The highest BCUT2D eigenvalue weighted by atomic mass is 16.5. The van der Waals surface area contributed by atoms with Gasteiger partial charge in [0.2, 0.25) is 0 Å². The lowest BCUT2D eigenvalue weighted by Crippen LogP contribution is -2.24. The van der Waals surface area contributed by atoms with E-state index in [1.165, 1.54) is 12.5 Å². The van der Waals surface area contributed by atoms with E-state index in [4.69, 9.17) is 19.7 Å². The van der Waals surface area contributed by atoms with Gasteiger partial charge < -0.3 is 24.4 Å². The Morgan fingerprint density at radius 1 is 1.00 bits per heavy atom. The topological polar surface area (TPSA) is 68.2 Å². The number of hydrogen-bond donors (Lipinski definition) is 2. The molecule has 0 saturated carbocycles. The molecule has 0 saturated heterocycles. The molecule has 0 aromatic carbocycles. The van der Waals surface area contributed by atoms with E-state index < -0.39 is 6.10 Å². The molecule has 5 heteroatoms. The molecule has 0 aliphatic rings. The number of aliphatic hydroxyl groups excluding tert-OH is 2. The molecule has 3 atom stereocenters. The van der Waals surface area contributed by atoms with E-state index in [0.29, 0.717) is 13.2 Å². The van der Waals surface area contributed by atoms with Gasteiger partial charge in [-0.2, -0.15) is 0 Å². The predicted molar refractivity (Wildman–Crippen MR) is 71.1 cm³/mol. The number of rotatable bonds is 9. The summed E-state index contributed by atoms with van der Waals surface area (Å²) in [6, 6.07) is 0. The third-order valence-electron chi connectivity index (χ3n) is 1.69. The van der Waals surface area contributed by atoms with Crippen LogP contribution in [-0.2, 0) is 14.2 Å². The third-order valence-corrected chi connectivity index (χ3v) is 1.69. The molecule has 18 heavy (non-hydrogen) atoms. The molecule has 0 heterocycles. The Hall–Kier alpha value is -0.880. The smallest absolute Gasteiger partial charge is 0.0829 e. The Labute approximate surface area is 110 Å². The first kappa shape index (κ1) is 19.5. The Bertz CT molecular complexity index is 188. The van der Waals surface area contributed by atoms with E-state index in [1.54, 1.807) is 13.8 Å². The van der Waals surface area contributed by atoms with Crippen molar-refractivity contribution < 1.29 is 24.4 Å². The fourth-order valence-electron chi connectivity index (χ4n) is 0.772. The fraction of sp³-hybridized carbons (Fsp3) is 0.692. The van der Waals surface area contributed by atoms with Gasteiger partial charge in [-0.15, -0.1) is 0 Å². The van der Waals surface area contributed by atoms with Crippen molar-refractivity contribution in [2.45, 2.75) is 39.1 Å². The van der Waals surface area contributed by atoms with E-state index in [9.17, 15) is 0 Å². The van der Waals surface area contributed by atoms with E-state index >= 15 is 0 Å². The number of hydrogen-bond acceptors (Lipinski definition) is 5. The average Bonchev–Trinajstić information content (AvgIpc) is 2.35. The van der Waals surface area contributed by atoms with Crippen LogP contribution in [0, 0.1) is 0 Å². The Morgan fingerprint density at radius 2 is 1.50 bits per heavy atom. The molecule has 0 aromatic heterocycles. The number of ether oxygens (including phenoxy) is 3. The van der Waals surface area contributed by atoms with Gasteiger partial charge in [-0.3, -0.25) is 0 Å². The standard InChI is InChI=1S/C9H20O4.C4H6O/c1-7(11)5-12-9(3)6-13-8(2)4-10;1-3-5-4-2/h7-11H,4-6H2,1-3H3;3-4H,1-2H2. The summed E-state index contributed by atoms with van der Waals surface area (Å²) in [6.45, 7) is 12.6. The van der Waals surface area contributed by atoms with Crippen LogP contribution in [0.1, 0.15) is 20.8 Å². The van der Waals surface area contributed by atoms with Gasteiger partial charge in [-0.05, 0) is 20.8 Å². The Morgan fingerprint density at radius 3 is 1.83 bits per heavy atom. The molecule has 0 rings (SSSR count). The first-order valence-electron chi connectivity index (χ1n) is 5.87. The first-order chi connectivity index (χ1) is 8.47. The van der Waals surface area contributed by atoms with Gasteiger partial charge in [-0.1, -0.05) is 13.2 Å². The maximum absolute atomic E-state index is 8.92. The molecule has 5 nitrogen and oxygen atoms in total. The van der Waals surface area contributed by atoms with Gasteiger partial charge in [-0.25, -0.2) is 0 Å². The Balaban J connectivity index is 0. The Kier molecular flexibility index (Phi) is 15.3. The molecule has 0 aliphatic carbocycles. The van der Waals surface area contributed by atoms with Gasteiger partial charge in [0.05, 0.1) is 50.7 Å². The maximum atomic E-state index is 8.92. The monoisotopic (exact) mass is 262 g/mol. The van der Waals surface area contributed by atoms with Crippen molar-refractivity contribution in [1.29, 1.82) is 0 Å². The first-order valence-corrected chi connectivity index (χ1v) is 5.87. The molecular weight excluding hydrogens is 236 g/mol. The van der Waals surface area contributed by atoms with E-state index in [1.807, 2.05) is 6.92 Å². The van der Waals surface area contributed by atoms with Crippen LogP contribution < -0.4 is 0 Å². The molecule has 0 aromatic rings. The van der Waals surface area contributed by atoms with Crippen molar-refractivity contribution >= 4 is 0 Å². The van der Waals surface area contributed by atoms with Gasteiger partial charge in [0, 0.05) is 0 Å². The van der Waals surface area contributed by atoms with Crippen LogP contribution in [0.4, 0.5) is 0 Å². The molecule has 0 spiro atoms. The van der Waals surface area contributed by atoms with Crippen molar-refractivity contribution in [2.24, 2.45) is 0 Å². The minimum Gasteiger partial charge on any atom is -0.474 e. The zero-order valence-corrected chi connectivity index (χ0v) is 11.5. The zero-order chi connectivity index (χ0) is 14.4. The lowest BCUT2D eigenvalue weighted by molar-refractivity contribution is -0.0620. The van der Waals surface area contributed by atoms with Crippen LogP contribution in [0.2, 0.25) is 0 Å². The second-order valence-electron chi connectivity index (χ2n) is 3.79. The van der Waals surface area contributed by atoms with Gasteiger partial charge in [0.1, 0.15) is 0 Å². The van der Waals surface area contributed by atoms with Gasteiger partial charge >= 0.3 is 0 Å². The van der Waals surface area contributed by atoms with Crippen molar-refractivity contribution in [3.05, 3.63) is 25.7 Å². The fourth-order valence-corrected chi connectivity index (χ4v) is 0.772. The zero-order valence-electron chi connectivity index (χ0n) is 11.5. The SMILES string of the molecule is C=COC=C.CC(O)COC(C)COC(C)CO. The molecular formula is C13H26O5. The summed E-state index contributed by atoms with van der Waals surface area (Å²) in [7, 11) is 0. The van der Waals surface area contributed by atoms with E-state index in [-0.39, 0.29) is 18.8 Å². The summed E-state index contributed by atoms with van der Waals surface area (Å²) in [6.07, 6.45) is 1.97. The second-order valence-corrected chi connectivity index (χ2v) is 3.79. The van der Waals surface area contributed by atoms with Crippen molar-refractivity contribution in [2.75, 3.05) is 19.8 Å². The molecule has 3 unspecified atom stereocenters. The summed E-state index contributed by atoms with van der Waals surface area (Å²) in [5.74, 6) is 0. The molecule has 2 N–H and O–H groups in total. The third kappa shape index (κ3) is 17.5. The second kappa shape index (κ2) is 14.2. The normalized spacial score (nSPS) is 14.7. The van der Waals surface area contributed by atoms with Crippen LogP contribution in [0.25, 0.3) is 0 Å². The highest BCUT2D eigenvalue weighted by Crippen LogP contribution is 1.97. The summed E-state index contributed by atoms with van der Waals surface area (Å²) in [4.78, 5) is 0. The van der Waals surface area contributed by atoms with Crippen LogP contribution in [0.3, 0.4) is 0 Å². The van der Waals surface area contributed by atoms with Crippen molar-refractivity contribution in [1.82, 2.24) is 0 Å². The summed E-state index contributed by atoms with van der Waals surface area (Å²) in [5.41, 5.74) is 0. The highest BCUT2D eigenvalue weighted by molar-refractivity contribution is 4.57. The summed E-state index contributed by atoms with van der Waals surface area (Å²) in [5, 5.41) is 17.6. The van der Waals surface area contributed by atoms with Crippen molar-refractivity contribution in [3.63, 3.8) is 0 Å². The molecule has 0 aliphatic heterocycles. The summed E-state index contributed by atoms with van der Waals surface area (Å²) < 4.78 is 14.8. The minimum atomic E-state index is -0.447. The molecule has 0 bridgehead atoms. The van der Waals surface area contributed by atoms with Crippen LogP contribution in [-0.4, -0.2) is 48.3 Å². The van der Waals surface area contributed by atoms with Crippen molar-refractivity contribution in [3.8, 4) is 0 Å². The molecule has 0 amide bonds. The molecule has 0 radical (unpaired) electrons. The lowest BCUT2D eigenvalue weighted by Gasteiger charge is -2.16. The highest BCUT2D eigenvalue weighted by Gasteiger charge is 2.06. The van der Waals surface area contributed by atoms with Crippen LogP contribution >= 0.6 is 0 Å².